The first kappa shape index (κ1) is 21.0. The summed E-state index contributed by atoms with van der Waals surface area (Å²) >= 11 is 0. The Bertz CT molecular complexity index is 1030. The number of hydrogen-bond acceptors (Lipinski definition) is 4. The van der Waals surface area contributed by atoms with E-state index in [9.17, 15) is 9.18 Å². The normalized spacial score (nSPS) is 14.9. The van der Waals surface area contributed by atoms with E-state index in [1.54, 1.807) is 42.5 Å². The Balaban J connectivity index is 1.26. The molecule has 0 bridgehead atoms. The predicted molar refractivity (Wildman–Crippen MR) is 119 cm³/mol. The monoisotopic (exact) mass is 419 g/mol. The van der Waals surface area contributed by atoms with Gasteiger partial charge in [0.15, 0.2) is 11.6 Å². The number of halogens is 1. The van der Waals surface area contributed by atoms with Crippen molar-refractivity contribution in [1.82, 2.24) is 9.88 Å². The van der Waals surface area contributed by atoms with Crippen molar-refractivity contribution < 1.29 is 13.9 Å². The summed E-state index contributed by atoms with van der Waals surface area (Å²) in [4.78, 5) is 19.6. The van der Waals surface area contributed by atoms with Gasteiger partial charge < -0.3 is 10.1 Å². The highest BCUT2D eigenvalue weighted by atomic mass is 19.1. The summed E-state index contributed by atoms with van der Waals surface area (Å²) in [6, 6.07) is 19.3. The molecule has 1 aliphatic heterocycles. The Morgan fingerprint density at radius 3 is 2.52 bits per heavy atom. The minimum Gasteiger partial charge on any atom is -0.454 e. The standard InChI is InChI=1S/C25H26FN3O2/c1-18-5-4-6-21(27-18)17-29-15-13-19(14-16-29)25(30)28-20-9-11-22(12-10-20)31-24-8-3-2-7-23(24)26/h2-12,19H,13-17H2,1H3,(H,28,30). The molecule has 3 aromatic rings. The molecule has 0 saturated carbocycles. The summed E-state index contributed by atoms with van der Waals surface area (Å²) in [7, 11) is 0. The number of nitrogens with zero attached hydrogens (tertiary/aromatic N) is 2. The van der Waals surface area contributed by atoms with Gasteiger partial charge in [-0.2, -0.15) is 0 Å². The number of anilines is 1. The van der Waals surface area contributed by atoms with Gasteiger partial charge in [0, 0.05) is 23.8 Å². The van der Waals surface area contributed by atoms with Gasteiger partial charge in [0.25, 0.3) is 0 Å². The SMILES string of the molecule is Cc1cccc(CN2CCC(C(=O)Nc3ccc(Oc4ccccc4F)cc3)CC2)n1. The average molecular weight is 420 g/mol. The first-order chi connectivity index (χ1) is 15.1. The van der Waals surface area contributed by atoms with Gasteiger partial charge >= 0.3 is 0 Å². The van der Waals surface area contributed by atoms with Crippen LogP contribution in [0.15, 0.2) is 66.7 Å². The van der Waals surface area contributed by atoms with Gasteiger partial charge in [0.1, 0.15) is 5.75 Å². The number of nitrogens with one attached hydrogen (secondary N) is 1. The first-order valence-electron chi connectivity index (χ1n) is 10.5. The molecule has 2 aromatic carbocycles. The maximum atomic E-state index is 13.7. The molecule has 6 heteroatoms. The number of rotatable bonds is 6. The zero-order chi connectivity index (χ0) is 21.6. The maximum Gasteiger partial charge on any atom is 0.227 e. The van der Waals surface area contributed by atoms with Crippen molar-refractivity contribution in [2.45, 2.75) is 26.3 Å². The van der Waals surface area contributed by atoms with E-state index in [1.807, 2.05) is 25.1 Å². The van der Waals surface area contributed by atoms with Crippen LogP contribution in [0.1, 0.15) is 24.2 Å². The summed E-state index contributed by atoms with van der Waals surface area (Å²) in [5.74, 6) is 0.310. The lowest BCUT2D eigenvalue weighted by Gasteiger charge is -2.31. The number of carbonyl (C=O) groups excluding carboxylic acids is 1. The van der Waals surface area contributed by atoms with E-state index in [2.05, 4.69) is 15.2 Å². The Morgan fingerprint density at radius 2 is 1.81 bits per heavy atom. The van der Waals surface area contributed by atoms with Gasteiger partial charge in [0.2, 0.25) is 5.91 Å². The van der Waals surface area contributed by atoms with Crippen LogP contribution in [0.5, 0.6) is 11.5 Å². The largest absolute Gasteiger partial charge is 0.454 e. The number of aryl methyl sites for hydroxylation is 1. The van der Waals surface area contributed by atoms with Crippen LogP contribution in [0.4, 0.5) is 10.1 Å². The van der Waals surface area contributed by atoms with Crippen LogP contribution in [0, 0.1) is 18.7 Å². The van der Waals surface area contributed by atoms with Gasteiger partial charge in [-0.25, -0.2) is 4.39 Å². The van der Waals surface area contributed by atoms with E-state index in [0.29, 0.717) is 11.4 Å². The van der Waals surface area contributed by atoms with Crippen LogP contribution < -0.4 is 10.1 Å². The third kappa shape index (κ3) is 5.67. The zero-order valence-electron chi connectivity index (χ0n) is 17.6. The Hall–Kier alpha value is -3.25. The molecule has 0 aliphatic carbocycles. The molecule has 1 N–H and O–H groups in total. The van der Waals surface area contributed by atoms with Gasteiger partial charge in [-0.05, 0) is 81.4 Å². The fraction of sp³-hybridized carbons (Fsp3) is 0.280. The fourth-order valence-corrected chi connectivity index (χ4v) is 3.78. The summed E-state index contributed by atoms with van der Waals surface area (Å²) in [6.45, 7) is 4.57. The summed E-state index contributed by atoms with van der Waals surface area (Å²) in [5, 5.41) is 2.99. The Kier molecular flexibility index (Phi) is 6.57. The van der Waals surface area contributed by atoms with Gasteiger partial charge in [0.05, 0.1) is 5.69 Å². The molecule has 0 radical (unpaired) electrons. The van der Waals surface area contributed by atoms with E-state index in [1.165, 1.54) is 6.07 Å². The number of pyridine rings is 1. The molecule has 4 rings (SSSR count). The molecule has 1 aliphatic rings. The second-order valence-electron chi connectivity index (χ2n) is 7.87. The van der Waals surface area contributed by atoms with Crippen LogP contribution in [-0.2, 0) is 11.3 Å². The molecule has 1 amide bonds. The number of amides is 1. The van der Waals surface area contributed by atoms with Crippen molar-refractivity contribution >= 4 is 11.6 Å². The maximum absolute atomic E-state index is 13.7. The topological polar surface area (TPSA) is 54.5 Å². The highest BCUT2D eigenvalue weighted by Crippen LogP contribution is 2.26. The van der Waals surface area contributed by atoms with Crippen molar-refractivity contribution in [2.24, 2.45) is 5.92 Å². The van der Waals surface area contributed by atoms with Crippen molar-refractivity contribution in [1.29, 1.82) is 0 Å². The van der Waals surface area contributed by atoms with Crippen LogP contribution in [-0.4, -0.2) is 28.9 Å². The molecule has 0 unspecified atom stereocenters. The molecule has 0 spiro atoms. The predicted octanol–water partition coefficient (Wildman–Crippen LogP) is 5.17. The number of ether oxygens (including phenoxy) is 1. The number of benzene rings is 2. The van der Waals surface area contributed by atoms with Crippen molar-refractivity contribution in [3.05, 3.63) is 83.9 Å². The lowest BCUT2D eigenvalue weighted by atomic mass is 9.95. The van der Waals surface area contributed by atoms with E-state index in [4.69, 9.17) is 4.74 Å². The smallest absolute Gasteiger partial charge is 0.227 e. The second-order valence-corrected chi connectivity index (χ2v) is 7.87. The number of carbonyl (C=O) groups is 1. The van der Waals surface area contributed by atoms with E-state index in [0.717, 1.165) is 43.9 Å². The van der Waals surface area contributed by atoms with Crippen LogP contribution in [0.25, 0.3) is 0 Å². The van der Waals surface area contributed by atoms with Crippen LogP contribution >= 0.6 is 0 Å². The zero-order valence-corrected chi connectivity index (χ0v) is 17.6. The minimum atomic E-state index is -0.413. The molecule has 160 valence electrons. The third-order valence-corrected chi connectivity index (χ3v) is 5.48. The fourth-order valence-electron chi connectivity index (χ4n) is 3.78. The lowest BCUT2D eigenvalue weighted by molar-refractivity contribution is -0.121. The third-order valence-electron chi connectivity index (χ3n) is 5.48. The quantitative estimate of drug-likeness (QED) is 0.599. The molecular formula is C25H26FN3O2. The summed E-state index contributed by atoms with van der Waals surface area (Å²) in [5.41, 5.74) is 2.80. The summed E-state index contributed by atoms with van der Waals surface area (Å²) in [6.07, 6.45) is 1.65. The van der Waals surface area contributed by atoms with Crippen LogP contribution in [0.3, 0.4) is 0 Å². The molecule has 31 heavy (non-hydrogen) atoms. The first-order valence-corrected chi connectivity index (χ1v) is 10.5. The molecule has 1 fully saturated rings. The average Bonchev–Trinajstić information content (AvgIpc) is 2.77. The number of likely N-dealkylation sites (tertiary alicyclic amines) is 1. The van der Waals surface area contributed by atoms with Gasteiger partial charge in [-0.15, -0.1) is 0 Å². The molecule has 0 atom stereocenters. The van der Waals surface area contributed by atoms with E-state index in [-0.39, 0.29) is 17.6 Å². The minimum absolute atomic E-state index is 0.00365. The van der Waals surface area contributed by atoms with Gasteiger partial charge in [-0.3, -0.25) is 14.7 Å². The number of piperidine rings is 1. The van der Waals surface area contributed by atoms with Crippen molar-refractivity contribution in [2.75, 3.05) is 18.4 Å². The second kappa shape index (κ2) is 9.71. The van der Waals surface area contributed by atoms with Gasteiger partial charge in [-0.1, -0.05) is 18.2 Å². The Labute approximate surface area is 181 Å². The van der Waals surface area contributed by atoms with Crippen molar-refractivity contribution in [3.8, 4) is 11.5 Å². The molecule has 5 nitrogen and oxygen atoms in total. The van der Waals surface area contributed by atoms with E-state index < -0.39 is 5.82 Å². The molecular weight excluding hydrogens is 393 g/mol. The van der Waals surface area contributed by atoms with E-state index >= 15 is 0 Å². The Morgan fingerprint density at radius 1 is 1.06 bits per heavy atom. The lowest BCUT2D eigenvalue weighted by Crippen LogP contribution is -2.37. The van der Waals surface area contributed by atoms with Crippen LogP contribution in [0.2, 0.25) is 0 Å². The molecule has 1 aromatic heterocycles. The number of hydrogen-bond donors (Lipinski definition) is 1. The summed E-state index contributed by atoms with van der Waals surface area (Å²) < 4.78 is 19.3. The number of para-hydroxylation sites is 1. The van der Waals surface area contributed by atoms with Crippen molar-refractivity contribution in [3.63, 3.8) is 0 Å². The highest BCUT2D eigenvalue weighted by Gasteiger charge is 2.25. The number of aromatic nitrogens is 1. The molecule has 2 heterocycles. The molecule has 1 saturated heterocycles. The highest BCUT2D eigenvalue weighted by molar-refractivity contribution is 5.92.